The molecule has 2 atom stereocenters. The number of nitrogens with two attached hydrogens (primary N) is 1. The zero-order valence-electron chi connectivity index (χ0n) is 9.23. The van der Waals surface area contributed by atoms with Crippen LogP contribution in [-0.2, 0) is 11.8 Å². The molecule has 1 aromatic rings. The molecule has 1 saturated heterocycles. The van der Waals surface area contributed by atoms with Gasteiger partial charge < -0.3 is 4.74 Å². The van der Waals surface area contributed by atoms with Gasteiger partial charge in [0.1, 0.15) is 0 Å². The van der Waals surface area contributed by atoms with Crippen LogP contribution in [-0.4, -0.2) is 23.0 Å². The average Bonchev–Trinajstić information content (AvgIpc) is 2.79. The predicted molar refractivity (Wildman–Crippen MR) is 56.9 cm³/mol. The van der Waals surface area contributed by atoms with Crippen LogP contribution < -0.4 is 11.3 Å². The highest BCUT2D eigenvalue weighted by atomic mass is 16.5. The Hall–Kier alpha value is -0.910. The molecule has 0 radical (unpaired) electrons. The Balaban J connectivity index is 2.21. The molecule has 5 heteroatoms. The normalized spacial score (nSPS) is 23.3. The molecule has 3 N–H and O–H groups in total. The lowest BCUT2D eigenvalue weighted by molar-refractivity contribution is 0.176. The maximum absolute atomic E-state index is 5.62. The number of nitrogens with zero attached hydrogens (tertiary/aromatic N) is 2. The van der Waals surface area contributed by atoms with Gasteiger partial charge in [-0.15, -0.1) is 0 Å². The third-order valence-corrected chi connectivity index (χ3v) is 3.00. The first-order chi connectivity index (χ1) is 7.22. The molecule has 2 heterocycles. The molecular formula is C10H18N4O. The van der Waals surface area contributed by atoms with E-state index in [1.165, 1.54) is 5.56 Å². The van der Waals surface area contributed by atoms with Crippen LogP contribution in [0.3, 0.4) is 0 Å². The van der Waals surface area contributed by atoms with Crippen molar-refractivity contribution in [1.29, 1.82) is 0 Å². The molecule has 1 fully saturated rings. The van der Waals surface area contributed by atoms with E-state index in [1.807, 2.05) is 24.9 Å². The number of nitrogens with one attached hydrogen (secondary N) is 1. The largest absolute Gasteiger partial charge is 0.381 e. The zero-order valence-corrected chi connectivity index (χ0v) is 9.23. The molecule has 84 valence electrons. The number of hydrazine groups is 1. The minimum atomic E-state index is 0.154. The average molecular weight is 210 g/mol. The van der Waals surface area contributed by atoms with E-state index in [4.69, 9.17) is 10.6 Å². The second kappa shape index (κ2) is 4.30. The summed E-state index contributed by atoms with van der Waals surface area (Å²) in [4.78, 5) is 0. The lowest BCUT2D eigenvalue weighted by atomic mass is 9.93. The summed E-state index contributed by atoms with van der Waals surface area (Å²) < 4.78 is 7.21. The number of rotatable bonds is 3. The van der Waals surface area contributed by atoms with Gasteiger partial charge in [0, 0.05) is 31.3 Å². The van der Waals surface area contributed by atoms with E-state index in [0.29, 0.717) is 5.92 Å². The monoisotopic (exact) mass is 210 g/mol. The van der Waals surface area contributed by atoms with Crippen LogP contribution in [0.1, 0.15) is 23.7 Å². The van der Waals surface area contributed by atoms with Crippen molar-refractivity contribution in [1.82, 2.24) is 15.2 Å². The van der Waals surface area contributed by atoms with Gasteiger partial charge in [0.15, 0.2) is 0 Å². The first-order valence-electron chi connectivity index (χ1n) is 5.26. The molecule has 15 heavy (non-hydrogen) atoms. The van der Waals surface area contributed by atoms with E-state index in [-0.39, 0.29) is 6.04 Å². The molecule has 0 saturated carbocycles. The maximum atomic E-state index is 5.62. The lowest BCUT2D eigenvalue weighted by Gasteiger charge is -2.20. The van der Waals surface area contributed by atoms with Gasteiger partial charge in [0.25, 0.3) is 0 Å². The number of hydrogen-bond donors (Lipinski definition) is 2. The van der Waals surface area contributed by atoms with Crippen molar-refractivity contribution in [2.75, 3.05) is 13.2 Å². The highest BCUT2D eigenvalue weighted by Gasteiger charge is 2.28. The van der Waals surface area contributed by atoms with Crippen molar-refractivity contribution >= 4 is 0 Å². The van der Waals surface area contributed by atoms with Crippen molar-refractivity contribution in [3.63, 3.8) is 0 Å². The molecule has 1 aliphatic heterocycles. The fourth-order valence-electron chi connectivity index (χ4n) is 2.22. The Labute approximate surface area is 89.6 Å². The van der Waals surface area contributed by atoms with Gasteiger partial charge in [-0.3, -0.25) is 16.0 Å². The van der Waals surface area contributed by atoms with Gasteiger partial charge >= 0.3 is 0 Å². The van der Waals surface area contributed by atoms with E-state index in [2.05, 4.69) is 10.5 Å². The SMILES string of the molecule is Cc1nn(C)cc1C(NN)C1CCOC1. The minimum Gasteiger partial charge on any atom is -0.381 e. The van der Waals surface area contributed by atoms with Gasteiger partial charge in [-0.1, -0.05) is 0 Å². The molecule has 0 aromatic carbocycles. The number of hydrogen-bond acceptors (Lipinski definition) is 4. The summed E-state index contributed by atoms with van der Waals surface area (Å²) in [5, 5.41) is 4.33. The summed E-state index contributed by atoms with van der Waals surface area (Å²) >= 11 is 0. The summed E-state index contributed by atoms with van der Waals surface area (Å²) in [6.45, 7) is 3.63. The molecule has 0 bridgehead atoms. The third-order valence-electron chi connectivity index (χ3n) is 3.00. The number of aryl methyl sites for hydroxylation is 2. The summed E-state index contributed by atoms with van der Waals surface area (Å²) in [7, 11) is 1.93. The molecule has 1 aliphatic rings. The molecule has 1 aromatic heterocycles. The van der Waals surface area contributed by atoms with Gasteiger partial charge in [-0.05, 0) is 13.3 Å². The molecule has 2 unspecified atom stereocenters. The van der Waals surface area contributed by atoms with E-state index < -0.39 is 0 Å². The van der Waals surface area contributed by atoms with Gasteiger partial charge in [0.05, 0.1) is 18.3 Å². The summed E-state index contributed by atoms with van der Waals surface area (Å²) in [5.74, 6) is 6.08. The van der Waals surface area contributed by atoms with Crippen LogP contribution in [0.25, 0.3) is 0 Å². The highest BCUT2D eigenvalue weighted by molar-refractivity contribution is 5.21. The molecule has 0 aliphatic carbocycles. The van der Waals surface area contributed by atoms with Crippen molar-refractivity contribution in [2.24, 2.45) is 18.8 Å². The third kappa shape index (κ3) is 2.04. The summed E-state index contributed by atoms with van der Waals surface area (Å²) in [6, 6.07) is 0.154. The summed E-state index contributed by atoms with van der Waals surface area (Å²) in [6.07, 6.45) is 3.08. The Bertz CT molecular complexity index is 330. The van der Waals surface area contributed by atoms with Crippen LogP contribution in [0.15, 0.2) is 6.20 Å². The fraction of sp³-hybridized carbons (Fsp3) is 0.700. The molecule has 0 spiro atoms. The smallest absolute Gasteiger partial charge is 0.0642 e. The Kier molecular flexibility index (Phi) is 3.04. The van der Waals surface area contributed by atoms with Gasteiger partial charge in [-0.25, -0.2) is 0 Å². The van der Waals surface area contributed by atoms with E-state index in [0.717, 1.165) is 25.3 Å². The van der Waals surface area contributed by atoms with Crippen LogP contribution in [0, 0.1) is 12.8 Å². The second-order valence-electron chi connectivity index (χ2n) is 4.11. The maximum Gasteiger partial charge on any atom is 0.0642 e. The zero-order chi connectivity index (χ0) is 10.8. The van der Waals surface area contributed by atoms with Crippen molar-refractivity contribution in [3.05, 3.63) is 17.5 Å². The first-order valence-corrected chi connectivity index (χ1v) is 5.26. The van der Waals surface area contributed by atoms with Crippen LogP contribution in [0.4, 0.5) is 0 Å². The molecule has 2 rings (SSSR count). The second-order valence-corrected chi connectivity index (χ2v) is 4.11. The van der Waals surface area contributed by atoms with Crippen LogP contribution in [0.5, 0.6) is 0 Å². The fourth-order valence-corrected chi connectivity index (χ4v) is 2.22. The Morgan fingerprint density at radius 2 is 2.53 bits per heavy atom. The summed E-state index contributed by atoms with van der Waals surface area (Å²) in [5.41, 5.74) is 5.09. The van der Waals surface area contributed by atoms with E-state index >= 15 is 0 Å². The predicted octanol–water partition coefficient (Wildman–Crippen LogP) is 0.269. The molecule has 0 amide bonds. The van der Waals surface area contributed by atoms with Crippen molar-refractivity contribution < 1.29 is 4.74 Å². The number of aromatic nitrogens is 2. The van der Waals surface area contributed by atoms with Crippen LogP contribution >= 0.6 is 0 Å². The number of ether oxygens (including phenoxy) is 1. The first kappa shape index (κ1) is 10.6. The quantitative estimate of drug-likeness (QED) is 0.555. The Morgan fingerprint density at radius 1 is 1.73 bits per heavy atom. The van der Waals surface area contributed by atoms with E-state index in [9.17, 15) is 0 Å². The van der Waals surface area contributed by atoms with Crippen molar-refractivity contribution in [3.8, 4) is 0 Å². The lowest BCUT2D eigenvalue weighted by Crippen LogP contribution is -2.34. The standard InChI is InChI=1S/C10H18N4O/c1-7-9(5-14(2)13-7)10(12-11)8-3-4-15-6-8/h5,8,10,12H,3-4,6,11H2,1-2H3. The minimum absolute atomic E-state index is 0.154. The van der Waals surface area contributed by atoms with E-state index in [1.54, 1.807) is 0 Å². The van der Waals surface area contributed by atoms with Gasteiger partial charge in [0.2, 0.25) is 0 Å². The topological polar surface area (TPSA) is 65.1 Å². The molecular weight excluding hydrogens is 192 g/mol. The highest BCUT2D eigenvalue weighted by Crippen LogP contribution is 2.29. The van der Waals surface area contributed by atoms with Crippen molar-refractivity contribution in [2.45, 2.75) is 19.4 Å². The molecule has 5 nitrogen and oxygen atoms in total. The Morgan fingerprint density at radius 3 is 3.00 bits per heavy atom. The van der Waals surface area contributed by atoms with Gasteiger partial charge in [-0.2, -0.15) is 5.10 Å². The van der Waals surface area contributed by atoms with Crippen LogP contribution in [0.2, 0.25) is 0 Å².